The number of anilines is 1. The SMILES string of the molecule is Cc1ccc(NC(=O)CCc2ccccn2)cc1C(N)=O. The van der Waals surface area contributed by atoms with Crippen LogP contribution >= 0.6 is 0 Å². The fourth-order valence-electron chi connectivity index (χ4n) is 1.98. The summed E-state index contributed by atoms with van der Waals surface area (Å²) in [5.41, 5.74) is 7.93. The number of pyridine rings is 1. The first-order chi connectivity index (χ1) is 10.1. The van der Waals surface area contributed by atoms with Gasteiger partial charge in [-0.25, -0.2) is 0 Å². The zero-order valence-electron chi connectivity index (χ0n) is 11.8. The maximum absolute atomic E-state index is 11.9. The third kappa shape index (κ3) is 4.14. The minimum Gasteiger partial charge on any atom is -0.366 e. The van der Waals surface area contributed by atoms with Crippen molar-refractivity contribution in [3.8, 4) is 0 Å². The van der Waals surface area contributed by atoms with Crippen molar-refractivity contribution >= 4 is 17.5 Å². The highest BCUT2D eigenvalue weighted by Crippen LogP contribution is 2.15. The van der Waals surface area contributed by atoms with E-state index in [0.717, 1.165) is 11.3 Å². The lowest BCUT2D eigenvalue weighted by atomic mass is 10.1. The number of aryl methyl sites for hydroxylation is 2. The zero-order valence-corrected chi connectivity index (χ0v) is 11.8. The predicted molar refractivity (Wildman–Crippen MR) is 80.9 cm³/mol. The molecule has 0 aliphatic heterocycles. The Bertz CT molecular complexity index is 654. The number of nitrogens with zero attached hydrogens (tertiary/aromatic N) is 1. The van der Waals surface area contributed by atoms with Crippen LogP contribution in [0.2, 0.25) is 0 Å². The predicted octanol–water partition coefficient (Wildman–Crippen LogP) is 2.06. The summed E-state index contributed by atoms with van der Waals surface area (Å²) in [6.45, 7) is 1.80. The second-order valence-corrected chi connectivity index (χ2v) is 4.76. The molecule has 5 nitrogen and oxygen atoms in total. The second-order valence-electron chi connectivity index (χ2n) is 4.76. The maximum atomic E-state index is 11.9. The molecule has 0 saturated carbocycles. The van der Waals surface area contributed by atoms with Gasteiger partial charge in [0.05, 0.1) is 0 Å². The average molecular weight is 283 g/mol. The Balaban J connectivity index is 1.97. The molecule has 0 fully saturated rings. The number of hydrogen-bond acceptors (Lipinski definition) is 3. The minimum absolute atomic E-state index is 0.125. The zero-order chi connectivity index (χ0) is 15.2. The van der Waals surface area contributed by atoms with Crippen molar-refractivity contribution in [1.82, 2.24) is 4.98 Å². The van der Waals surface area contributed by atoms with E-state index in [-0.39, 0.29) is 5.91 Å². The fraction of sp³-hybridized carbons (Fsp3) is 0.188. The molecule has 1 aromatic carbocycles. The molecule has 2 amide bonds. The molecule has 0 spiro atoms. The van der Waals surface area contributed by atoms with E-state index in [4.69, 9.17) is 5.73 Å². The summed E-state index contributed by atoms with van der Waals surface area (Å²) in [5, 5.41) is 2.76. The highest BCUT2D eigenvalue weighted by atomic mass is 16.2. The molecule has 0 bridgehead atoms. The summed E-state index contributed by atoms with van der Waals surface area (Å²) < 4.78 is 0. The molecule has 5 heteroatoms. The number of nitrogens with one attached hydrogen (secondary N) is 1. The quantitative estimate of drug-likeness (QED) is 0.880. The molecule has 21 heavy (non-hydrogen) atoms. The van der Waals surface area contributed by atoms with E-state index in [1.807, 2.05) is 18.2 Å². The van der Waals surface area contributed by atoms with Crippen molar-refractivity contribution in [3.05, 3.63) is 59.4 Å². The van der Waals surface area contributed by atoms with Crippen LogP contribution in [0.3, 0.4) is 0 Å². The lowest BCUT2D eigenvalue weighted by Gasteiger charge is -2.08. The van der Waals surface area contributed by atoms with E-state index in [2.05, 4.69) is 10.3 Å². The Hall–Kier alpha value is -2.69. The van der Waals surface area contributed by atoms with Crippen LogP contribution in [-0.2, 0) is 11.2 Å². The molecule has 2 aromatic rings. The number of nitrogens with two attached hydrogens (primary N) is 1. The lowest BCUT2D eigenvalue weighted by molar-refractivity contribution is -0.116. The highest BCUT2D eigenvalue weighted by molar-refractivity contribution is 5.97. The summed E-state index contributed by atoms with van der Waals surface area (Å²) >= 11 is 0. The van der Waals surface area contributed by atoms with E-state index in [1.165, 1.54) is 0 Å². The normalized spacial score (nSPS) is 10.1. The van der Waals surface area contributed by atoms with Gasteiger partial charge in [-0.2, -0.15) is 0 Å². The molecular weight excluding hydrogens is 266 g/mol. The molecule has 0 aliphatic carbocycles. The molecule has 0 saturated heterocycles. The second kappa shape index (κ2) is 6.65. The van der Waals surface area contributed by atoms with E-state index in [1.54, 1.807) is 31.3 Å². The summed E-state index contributed by atoms with van der Waals surface area (Å²) in [6, 6.07) is 10.7. The summed E-state index contributed by atoms with van der Waals surface area (Å²) in [5.74, 6) is -0.628. The van der Waals surface area contributed by atoms with Crippen molar-refractivity contribution in [3.63, 3.8) is 0 Å². The van der Waals surface area contributed by atoms with Gasteiger partial charge in [0.15, 0.2) is 0 Å². The molecule has 0 atom stereocenters. The number of hydrogen-bond donors (Lipinski definition) is 2. The summed E-state index contributed by atoms with van der Waals surface area (Å²) in [4.78, 5) is 27.3. The van der Waals surface area contributed by atoms with Crippen LogP contribution in [0.5, 0.6) is 0 Å². The molecule has 0 unspecified atom stereocenters. The molecular formula is C16H17N3O2. The minimum atomic E-state index is -0.503. The number of benzene rings is 1. The number of primary amides is 1. The maximum Gasteiger partial charge on any atom is 0.249 e. The smallest absolute Gasteiger partial charge is 0.249 e. The van der Waals surface area contributed by atoms with Gasteiger partial charge in [-0.15, -0.1) is 0 Å². The van der Waals surface area contributed by atoms with Crippen LogP contribution in [0.15, 0.2) is 42.6 Å². The summed E-state index contributed by atoms with van der Waals surface area (Å²) in [6.07, 6.45) is 2.60. The van der Waals surface area contributed by atoms with E-state index < -0.39 is 5.91 Å². The van der Waals surface area contributed by atoms with E-state index in [9.17, 15) is 9.59 Å². The van der Waals surface area contributed by atoms with Gasteiger partial charge in [0.2, 0.25) is 11.8 Å². The van der Waals surface area contributed by atoms with Crippen LogP contribution in [0.4, 0.5) is 5.69 Å². The Morgan fingerprint density at radius 2 is 2.05 bits per heavy atom. The fourth-order valence-corrected chi connectivity index (χ4v) is 1.98. The number of rotatable bonds is 5. The number of aromatic nitrogens is 1. The topological polar surface area (TPSA) is 85.1 Å². The van der Waals surface area contributed by atoms with Crippen molar-refractivity contribution in [2.24, 2.45) is 5.73 Å². The first-order valence-corrected chi connectivity index (χ1v) is 6.66. The van der Waals surface area contributed by atoms with Crippen LogP contribution in [-0.4, -0.2) is 16.8 Å². The van der Waals surface area contributed by atoms with Crippen molar-refractivity contribution in [1.29, 1.82) is 0 Å². The molecule has 3 N–H and O–H groups in total. The van der Waals surface area contributed by atoms with Gasteiger partial charge in [-0.3, -0.25) is 14.6 Å². The monoisotopic (exact) mass is 283 g/mol. The van der Waals surface area contributed by atoms with E-state index >= 15 is 0 Å². The lowest BCUT2D eigenvalue weighted by Crippen LogP contribution is -2.16. The first kappa shape index (κ1) is 14.7. The first-order valence-electron chi connectivity index (χ1n) is 6.66. The van der Waals surface area contributed by atoms with Crippen LogP contribution < -0.4 is 11.1 Å². The number of carbonyl (C=O) groups is 2. The van der Waals surface area contributed by atoms with Crippen LogP contribution in [0.1, 0.15) is 28.0 Å². The van der Waals surface area contributed by atoms with Gasteiger partial charge in [0.25, 0.3) is 0 Å². The van der Waals surface area contributed by atoms with Gasteiger partial charge < -0.3 is 11.1 Å². The Morgan fingerprint density at radius 3 is 2.71 bits per heavy atom. The average Bonchev–Trinajstić information content (AvgIpc) is 2.48. The third-order valence-electron chi connectivity index (χ3n) is 3.12. The highest BCUT2D eigenvalue weighted by Gasteiger charge is 2.08. The van der Waals surface area contributed by atoms with Gasteiger partial charge in [-0.05, 0) is 43.2 Å². The Labute approximate surface area is 123 Å². The largest absolute Gasteiger partial charge is 0.366 e. The van der Waals surface area contributed by atoms with Crippen molar-refractivity contribution in [2.45, 2.75) is 19.8 Å². The van der Waals surface area contributed by atoms with E-state index in [0.29, 0.717) is 24.1 Å². The molecule has 0 aliphatic rings. The van der Waals surface area contributed by atoms with Crippen LogP contribution in [0.25, 0.3) is 0 Å². The number of amides is 2. The van der Waals surface area contributed by atoms with Crippen LogP contribution in [0, 0.1) is 6.92 Å². The van der Waals surface area contributed by atoms with Gasteiger partial charge in [0.1, 0.15) is 0 Å². The summed E-state index contributed by atoms with van der Waals surface area (Å²) in [7, 11) is 0. The molecule has 0 radical (unpaired) electrons. The molecule has 108 valence electrons. The molecule has 1 heterocycles. The van der Waals surface area contributed by atoms with Gasteiger partial charge >= 0.3 is 0 Å². The number of carbonyl (C=O) groups excluding carboxylic acids is 2. The van der Waals surface area contributed by atoms with Gasteiger partial charge in [-0.1, -0.05) is 12.1 Å². The molecule has 1 aromatic heterocycles. The molecule has 2 rings (SSSR count). The Morgan fingerprint density at radius 1 is 1.24 bits per heavy atom. The Kier molecular flexibility index (Phi) is 4.66. The third-order valence-corrected chi connectivity index (χ3v) is 3.12. The van der Waals surface area contributed by atoms with Gasteiger partial charge in [0, 0.05) is 29.6 Å². The van der Waals surface area contributed by atoms with Crippen molar-refractivity contribution < 1.29 is 9.59 Å². The standard InChI is InChI=1S/C16H17N3O2/c1-11-5-6-13(10-14(11)16(17)21)19-15(20)8-7-12-4-2-3-9-18-12/h2-6,9-10H,7-8H2,1H3,(H2,17,21)(H,19,20). The van der Waals surface area contributed by atoms with Crippen molar-refractivity contribution in [2.75, 3.05) is 5.32 Å².